The molecule has 1 aliphatic rings. The van der Waals surface area contributed by atoms with Crippen molar-refractivity contribution in [3.8, 4) is 22.9 Å². The summed E-state index contributed by atoms with van der Waals surface area (Å²) in [6, 6.07) is 18.7. The van der Waals surface area contributed by atoms with Gasteiger partial charge in [0.05, 0.1) is 16.9 Å². The van der Waals surface area contributed by atoms with Crippen LogP contribution in [0.25, 0.3) is 22.5 Å². The zero-order valence-corrected chi connectivity index (χ0v) is 13.1. The van der Waals surface area contributed by atoms with Gasteiger partial charge in [-0.2, -0.15) is 0 Å². The molecule has 0 saturated carbocycles. The molecule has 0 radical (unpaired) electrons. The van der Waals surface area contributed by atoms with Crippen LogP contribution < -0.4 is 15.2 Å². The maximum Gasteiger partial charge on any atom is 0.339 e. The molecule has 122 valence electrons. The highest BCUT2D eigenvalue weighted by Gasteiger charge is 2.19. The Bertz CT molecular complexity index is 1150. The van der Waals surface area contributed by atoms with E-state index in [9.17, 15) is 4.79 Å². The zero-order chi connectivity index (χ0) is 16.8. The van der Waals surface area contributed by atoms with Crippen LogP contribution in [0.15, 0.2) is 71.7 Å². The normalized spacial score (nSPS) is 12.6. The maximum absolute atomic E-state index is 13.2. The van der Waals surface area contributed by atoms with E-state index in [-0.39, 0.29) is 12.5 Å². The van der Waals surface area contributed by atoms with Gasteiger partial charge in [-0.3, -0.25) is 4.57 Å². The van der Waals surface area contributed by atoms with Gasteiger partial charge in [0.1, 0.15) is 0 Å². The summed E-state index contributed by atoms with van der Waals surface area (Å²) in [4.78, 5) is 17.6. The van der Waals surface area contributed by atoms with Gasteiger partial charge < -0.3 is 9.47 Å². The summed E-state index contributed by atoms with van der Waals surface area (Å²) in [5.74, 6) is 1.30. The van der Waals surface area contributed by atoms with E-state index < -0.39 is 0 Å². The smallest absolute Gasteiger partial charge is 0.339 e. The van der Waals surface area contributed by atoms with Crippen molar-refractivity contribution < 1.29 is 9.47 Å². The lowest BCUT2D eigenvalue weighted by Gasteiger charge is -2.04. The Morgan fingerprint density at radius 2 is 1.68 bits per heavy atom. The molecule has 0 bridgehead atoms. The molecule has 0 atom stereocenters. The van der Waals surface area contributed by atoms with Crippen LogP contribution in [0.3, 0.4) is 0 Å². The molecule has 2 aromatic heterocycles. The van der Waals surface area contributed by atoms with Crippen LogP contribution in [-0.4, -0.2) is 20.9 Å². The molecule has 3 heterocycles. The number of para-hydroxylation sites is 1. The summed E-state index contributed by atoms with van der Waals surface area (Å²) in [7, 11) is 0. The number of hydrogen-bond acceptors (Lipinski definition) is 4. The molecule has 2 aromatic carbocycles. The molecule has 0 N–H and O–H groups in total. The lowest BCUT2D eigenvalue weighted by atomic mass is 10.2. The van der Waals surface area contributed by atoms with Crippen LogP contribution in [0.1, 0.15) is 0 Å². The Morgan fingerprint density at radius 1 is 0.840 bits per heavy atom. The second kappa shape index (κ2) is 5.24. The first-order valence-corrected chi connectivity index (χ1v) is 7.87. The number of hydrogen-bond donors (Lipinski definition) is 0. The predicted octanol–water partition coefficient (Wildman–Crippen LogP) is 2.91. The van der Waals surface area contributed by atoms with Gasteiger partial charge >= 0.3 is 5.69 Å². The molecule has 0 aliphatic carbocycles. The summed E-state index contributed by atoms with van der Waals surface area (Å²) in [6.45, 7) is 0.192. The summed E-state index contributed by atoms with van der Waals surface area (Å²) in [5.41, 5.74) is 2.64. The highest BCUT2D eigenvalue weighted by Crippen LogP contribution is 2.34. The third-order valence-corrected chi connectivity index (χ3v) is 4.23. The number of nitrogens with zero attached hydrogens (tertiary/aromatic N) is 3. The minimum Gasteiger partial charge on any atom is -0.454 e. The fourth-order valence-electron chi connectivity index (χ4n) is 3.11. The number of aromatic nitrogens is 3. The Morgan fingerprint density at radius 3 is 2.56 bits per heavy atom. The Balaban J connectivity index is 1.83. The molecule has 0 spiro atoms. The van der Waals surface area contributed by atoms with E-state index in [1.807, 2.05) is 48.5 Å². The number of pyridine rings is 1. The number of benzene rings is 2. The minimum atomic E-state index is -0.182. The van der Waals surface area contributed by atoms with Crippen molar-refractivity contribution in [3.63, 3.8) is 0 Å². The van der Waals surface area contributed by atoms with Gasteiger partial charge in [0.25, 0.3) is 0 Å². The van der Waals surface area contributed by atoms with Crippen LogP contribution in [0.2, 0.25) is 0 Å². The van der Waals surface area contributed by atoms with E-state index in [4.69, 9.17) is 9.47 Å². The third-order valence-electron chi connectivity index (χ3n) is 4.23. The topological polar surface area (TPSA) is 58.3 Å². The summed E-state index contributed by atoms with van der Waals surface area (Å²) < 4.78 is 14.0. The number of imidazole rings is 1. The van der Waals surface area contributed by atoms with E-state index in [2.05, 4.69) is 4.98 Å². The van der Waals surface area contributed by atoms with Gasteiger partial charge in [0.15, 0.2) is 17.1 Å². The van der Waals surface area contributed by atoms with E-state index in [0.717, 1.165) is 11.2 Å². The highest BCUT2D eigenvalue weighted by atomic mass is 16.7. The van der Waals surface area contributed by atoms with E-state index in [0.29, 0.717) is 22.8 Å². The van der Waals surface area contributed by atoms with Crippen LogP contribution >= 0.6 is 0 Å². The Labute approximate surface area is 142 Å². The van der Waals surface area contributed by atoms with Crippen molar-refractivity contribution >= 4 is 11.2 Å². The van der Waals surface area contributed by atoms with Crippen molar-refractivity contribution in [1.82, 2.24) is 14.1 Å². The predicted molar refractivity (Wildman–Crippen MR) is 92.8 cm³/mol. The fourth-order valence-corrected chi connectivity index (χ4v) is 3.11. The van der Waals surface area contributed by atoms with Gasteiger partial charge in [-0.1, -0.05) is 18.2 Å². The van der Waals surface area contributed by atoms with Crippen molar-refractivity contribution in [2.45, 2.75) is 0 Å². The minimum absolute atomic E-state index is 0.182. The molecular weight excluding hydrogens is 318 g/mol. The molecule has 0 amide bonds. The zero-order valence-electron chi connectivity index (χ0n) is 13.1. The molecule has 1 aliphatic heterocycles. The van der Waals surface area contributed by atoms with E-state index in [1.165, 1.54) is 0 Å². The average molecular weight is 331 g/mol. The monoisotopic (exact) mass is 331 g/mol. The first kappa shape index (κ1) is 13.9. The molecule has 0 unspecified atom stereocenters. The summed E-state index contributed by atoms with van der Waals surface area (Å²) in [6.07, 6.45) is 1.68. The highest BCUT2D eigenvalue weighted by molar-refractivity contribution is 5.76. The van der Waals surface area contributed by atoms with Crippen molar-refractivity contribution in [1.29, 1.82) is 0 Å². The number of rotatable bonds is 2. The molecule has 4 aromatic rings. The second-order valence-corrected chi connectivity index (χ2v) is 5.67. The molecular formula is C19H13N3O3. The lowest BCUT2D eigenvalue weighted by molar-refractivity contribution is 0.174. The second-order valence-electron chi connectivity index (χ2n) is 5.67. The first-order valence-electron chi connectivity index (χ1n) is 7.87. The van der Waals surface area contributed by atoms with Crippen LogP contribution in [0, 0.1) is 0 Å². The Hall–Kier alpha value is -3.54. The van der Waals surface area contributed by atoms with Crippen molar-refractivity contribution in [3.05, 3.63) is 77.3 Å². The van der Waals surface area contributed by atoms with Gasteiger partial charge in [-0.25, -0.2) is 14.3 Å². The number of ether oxygens (including phenoxy) is 2. The molecule has 6 nitrogen and oxygen atoms in total. The molecule has 6 heteroatoms. The quantitative estimate of drug-likeness (QED) is 0.567. The van der Waals surface area contributed by atoms with E-state index in [1.54, 1.807) is 27.5 Å². The van der Waals surface area contributed by atoms with Crippen molar-refractivity contribution in [2.75, 3.05) is 6.79 Å². The number of fused-ring (bicyclic) bond motifs is 2. The maximum atomic E-state index is 13.2. The SMILES string of the molecule is O=c1n(-c2ccccc2)c2cccnc2n1-c1ccc2c(c1)OCO2. The van der Waals surface area contributed by atoms with Gasteiger partial charge in [-0.05, 0) is 36.4 Å². The fraction of sp³-hybridized carbons (Fsp3) is 0.0526. The summed E-state index contributed by atoms with van der Waals surface area (Å²) >= 11 is 0. The Kier molecular flexibility index (Phi) is 2.90. The third kappa shape index (κ3) is 2.04. The van der Waals surface area contributed by atoms with Crippen molar-refractivity contribution in [2.24, 2.45) is 0 Å². The van der Waals surface area contributed by atoms with Crippen LogP contribution in [0.5, 0.6) is 11.5 Å². The molecule has 25 heavy (non-hydrogen) atoms. The lowest BCUT2D eigenvalue weighted by Crippen LogP contribution is -2.22. The van der Waals surface area contributed by atoms with Crippen LogP contribution in [0.4, 0.5) is 0 Å². The van der Waals surface area contributed by atoms with Gasteiger partial charge in [0, 0.05) is 12.3 Å². The van der Waals surface area contributed by atoms with Gasteiger partial charge in [-0.15, -0.1) is 0 Å². The first-order chi connectivity index (χ1) is 12.3. The van der Waals surface area contributed by atoms with Crippen LogP contribution in [-0.2, 0) is 0 Å². The van der Waals surface area contributed by atoms with E-state index >= 15 is 0 Å². The molecule has 0 fully saturated rings. The standard InChI is InChI=1S/C19H13N3O3/c23-19-21(13-5-2-1-3-6-13)15-7-4-10-20-18(15)22(19)14-8-9-16-17(11-14)25-12-24-16/h1-11H,12H2. The summed E-state index contributed by atoms with van der Waals surface area (Å²) in [5, 5.41) is 0. The average Bonchev–Trinajstić information content (AvgIpc) is 3.23. The van der Waals surface area contributed by atoms with Gasteiger partial charge in [0.2, 0.25) is 6.79 Å². The largest absolute Gasteiger partial charge is 0.454 e. The molecule has 5 rings (SSSR count). The molecule has 0 saturated heterocycles.